The maximum Gasteiger partial charge on any atom is 0.106 e. The second kappa shape index (κ2) is 11.0. The summed E-state index contributed by atoms with van der Waals surface area (Å²) in [6.07, 6.45) is 5.33. The molecule has 1 atom stereocenters. The van der Waals surface area contributed by atoms with E-state index in [0.717, 1.165) is 42.8 Å². The van der Waals surface area contributed by atoms with Gasteiger partial charge in [0.15, 0.2) is 0 Å². The van der Waals surface area contributed by atoms with Gasteiger partial charge in [0.2, 0.25) is 0 Å². The summed E-state index contributed by atoms with van der Waals surface area (Å²) in [5.41, 5.74) is 6.23. The molecule has 0 radical (unpaired) electrons. The van der Waals surface area contributed by atoms with Gasteiger partial charge < -0.3 is 10.6 Å². The molecule has 2 N–H and O–H groups in total. The van der Waals surface area contributed by atoms with E-state index in [1.807, 2.05) is 30.5 Å². The largest absolute Gasteiger partial charge is 0.307 e. The van der Waals surface area contributed by atoms with Crippen LogP contribution < -0.4 is 10.6 Å². The van der Waals surface area contributed by atoms with E-state index in [9.17, 15) is 0 Å². The van der Waals surface area contributed by atoms with Crippen molar-refractivity contribution < 1.29 is 0 Å². The number of hydrogen-bond acceptors (Lipinski definition) is 4. The molecule has 1 aliphatic carbocycles. The molecule has 0 saturated heterocycles. The molecular formula is C23H26Br2N4. The van der Waals surface area contributed by atoms with Crippen molar-refractivity contribution in [2.24, 2.45) is 0 Å². The highest BCUT2D eigenvalue weighted by Crippen LogP contribution is 2.29. The lowest BCUT2D eigenvalue weighted by atomic mass is 9.92. The van der Waals surface area contributed by atoms with Crippen LogP contribution in [0.2, 0.25) is 0 Å². The van der Waals surface area contributed by atoms with Crippen molar-refractivity contribution in [3.63, 3.8) is 0 Å². The second-order valence-electron chi connectivity index (χ2n) is 7.25. The van der Waals surface area contributed by atoms with Gasteiger partial charge in [-0.3, -0.25) is 4.98 Å². The number of nitrogens with zero attached hydrogens (tertiary/aromatic N) is 2. The Hall–Kier alpha value is -1.60. The fraction of sp³-hybridized carbons (Fsp3) is 0.304. The van der Waals surface area contributed by atoms with Crippen LogP contribution in [0.15, 0.2) is 65.4 Å². The summed E-state index contributed by atoms with van der Waals surface area (Å²) in [6, 6.07) is 19.4. The molecule has 1 aliphatic rings. The Kier molecular flexibility index (Phi) is 8.36. The quantitative estimate of drug-likeness (QED) is 0.419. The van der Waals surface area contributed by atoms with Gasteiger partial charge in [0.05, 0.1) is 17.4 Å². The first kappa shape index (κ1) is 22.1. The molecule has 0 aliphatic heterocycles. The number of nitrogens with one attached hydrogen (secondary N) is 2. The summed E-state index contributed by atoms with van der Waals surface area (Å²) in [4.78, 5) is 9.06. The standard InChI is InChI=1S/C23H25BrN4.BrH/c24-22-12-11-19-4-3-6-21(23(19)28-22)27-15-18-9-7-17(8-10-18)14-25-16-20-5-1-2-13-26-20;/h1-2,5,7-13,21,25,27H,3-4,6,14-16H2;1H. The molecule has 0 spiro atoms. The van der Waals surface area contributed by atoms with Gasteiger partial charge >= 0.3 is 0 Å². The summed E-state index contributed by atoms with van der Waals surface area (Å²) in [6.45, 7) is 2.49. The van der Waals surface area contributed by atoms with Crippen molar-refractivity contribution in [2.75, 3.05) is 0 Å². The Morgan fingerprint density at radius 1 is 0.931 bits per heavy atom. The van der Waals surface area contributed by atoms with Crippen LogP contribution in [0.5, 0.6) is 0 Å². The lowest BCUT2D eigenvalue weighted by Gasteiger charge is -2.25. The van der Waals surface area contributed by atoms with Gasteiger partial charge in [-0.15, -0.1) is 17.0 Å². The average molecular weight is 518 g/mol. The molecule has 0 bridgehead atoms. The summed E-state index contributed by atoms with van der Waals surface area (Å²) < 4.78 is 0.919. The van der Waals surface area contributed by atoms with Gasteiger partial charge in [-0.2, -0.15) is 0 Å². The summed E-state index contributed by atoms with van der Waals surface area (Å²) in [5.74, 6) is 0. The van der Waals surface area contributed by atoms with Gasteiger partial charge in [0.1, 0.15) is 4.60 Å². The highest BCUT2D eigenvalue weighted by Gasteiger charge is 2.21. The number of hydrogen-bond donors (Lipinski definition) is 2. The zero-order valence-corrected chi connectivity index (χ0v) is 19.6. The van der Waals surface area contributed by atoms with E-state index in [0.29, 0.717) is 6.04 Å². The SMILES string of the molecule is Br.Brc1ccc2c(n1)C(NCc1ccc(CNCc3ccccn3)cc1)CCC2. The Balaban J connectivity index is 0.00000240. The molecule has 29 heavy (non-hydrogen) atoms. The lowest BCUT2D eigenvalue weighted by Crippen LogP contribution is -2.26. The van der Waals surface area contributed by atoms with E-state index in [2.05, 4.69) is 61.9 Å². The number of pyridine rings is 2. The van der Waals surface area contributed by atoms with Gasteiger partial charge in [0.25, 0.3) is 0 Å². The van der Waals surface area contributed by atoms with Gasteiger partial charge in [0, 0.05) is 25.8 Å². The maximum absolute atomic E-state index is 4.72. The second-order valence-corrected chi connectivity index (χ2v) is 8.06. The molecule has 152 valence electrons. The first-order valence-corrected chi connectivity index (χ1v) is 10.6. The molecule has 1 aromatic carbocycles. The minimum absolute atomic E-state index is 0. The predicted octanol–water partition coefficient (Wildman–Crippen LogP) is 5.27. The molecule has 0 fully saturated rings. The van der Waals surface area contributed by atoms with E-state index in [1.54, 1.807) is 0 Å². The highest BCUT2D eigenvalue weighted by atomic mass is 79.9. The lowest BCUT2D eigenvalue weighted by molar-refractivity contribution is 0.447. The van der Waals surface area contributed by atoms with Gasteiger partial charge in [-0.1, -0.05) is 36.4 Å². The molecule has 0 saturated carbocycles. The fourth-order valence-electron chi connectivity index (χ4n) is 3.68. The Labute approximate surface area is 191 Å². The average Bonchev–Trinajstić information content (AvgIpc) is 2.74. The van der Waals surface area contributed by atoms with E-state index in [-0.39, 0.29) is 17.0 Å². The van der Waals surface area contributed by atoms with Crippen LogP contribution in [-0.2, 0) is 26.1 Å². The topological polar surface area (TPSA) is 49.8 Å². The number of rotatable bonds is 7. The first-order chi connectivity index (χ1) is 13.8. The van der Waals surface area contributed by atoms with Crippen LogP contribution in [-0.4, -0.2) is 9.97 Å². The molecule has 3 aromatic rings. The van der Waals surface area contributed by atoms with Crippen LogP contribution in [0.1, 0.15) is 47.0 Å². The van der Waals surface area contributed by atoms with E-state index >= 15 is 0 Å². The van der Waals surface area contributed by atoms with Crippen LogP contribution in [0, 0.1) is 0 Å². The minimum Gasteiger partial charge on any atom is -0.307 e. The smallest absolute Gasteiger partial charge is 0.106 e. The third kappa shape index (κ3) is 6.19. The minimum atomic E-state index is 0. The monoisotopic (exact) mass is 516 g/mol. The van der Waals surface area contributed by atoms with Crippen LogP contribution in [0.25, 0.3) is 0 Å². The predicted molar refractivity (Wildman–Crippen MR) is 126 cm³/mol. The molecule has 4 rings (SSSR count). The molecular weight excluding hydrogens is 492 g/mol. The zero-order chi connectivity index (χ0) is 19.2. The van der Waals surface area contributed by atoms with Crippen molar-refractivity contribution in [3.05, 3.63) is 93.5 Å². The summed E-state index contributed by atoms with van der Waals surface area (Å²) in [7, 11) is 0. The Bertz CT molecular complexity index is 901. The number of fused-ring (bicyclic) bond motifs is 1. The third-order valence-corrected chi connectivity index (χ3v) is 5.63. The number of halogens is 2. The number of aryl methyl sites for hydroxylation is 1. The van der Waals surface area contributed by atoms with Gasteiger partial charge in [-0.25, -0.2) is 4.98 Å². The van der Waals surface area contributed by atoms with E-state index in [4.69, 9.17) is 4.98 Å². The number of benzene rings is 1. The normalized spacial score (nSPS) is 15.4. The van der Waals surface area contributed by atoms with E-state index < -0.39 is 0 Å². The zero-order valence-electron chi connectivity index (χ0n) is 16.3. The van der Waals surface area contributed by atoms with Crippen LogP contribution in [0.4, 0.5) is 0 Å². The van der Waals surface area contributed by atoms with E-state index in [1.165, 1.54) is 28.8 Å². The third-order valence-electron chi connectivity index (χ3n) is 5.18. The molecule has 4 nitrogen and oxygen atoms in total. The molecule has 1 unspecified atom stereocenters. The Morgan fingerprint density at radius 2 is 1.72 bits per heavy atom. The first-order valence-electron chi connectivity index (χ1n) is 9.85. The number of aromatic nitrogens is 2. The molecule has 2 heterocycles. The van der Waals surface area contributed by atoms with Crippen molar-refractivity contribution >= 4 is 32.9 Å². The molecule has 2 aromatic heterocycles. The van der Waals surface area contributed by atoms with Crippen molar-refractivity contribution in [1.82, 2.24) is 20.6 Å². The summed E-state index contributed by atoms with van der Waals surface area (Å²) >= 11 is 3.51. The maximum atomic E-state index is 4.72. The van der Waals surface area contributed by atoms with Gasteiger partial charge in [-0.05, 0) is 70.1 Å². The molecule has 6 heteroatoms. The molecule has 0 amide bonds. The summed E-state index contributed by atoms with van der Waals surface area (Å²) in [5, 5.41) is 7.14. The van der Waals surface area contributed by atoms with Crippen LogP contribution >= 0.6 is 32.9 Å². The highest BCUT2D eigenvalue weighted by molar-refractivity contribution is 9.10. The fourth-order valence-corrected chi connectivity index (χ4v) is 4.00. The van der Waals surface area contributed by atoms with Crippen LogP contribution in [0.3, 0.4) is 0 Å². The van der Waals surface area contributed by atoms with Crippen molar-refractivity contribution in [3.8, 4) is 0 Å². The van der Waals surface area contributed by atoms with Crippen molar-refractivity contribution in [2.45, 2.75) is 44.9 Å². The Morgan fingerprint density at radius 3 is 2.48 bits per heavy atom. The van der Waals surface area contributed by atoms with Crippen molar-refractivity contribution in [1.29, 1.82) is 0 Å².